The molecule has 0 unspecified atom stereocenters. The minimum absolute atomic E-state index is 0.0327. The predicted molar refractivity (Wildman–Crippen MR) is 122 cm³/mol. The normalized spacial score (nSPS) is 20.3. The smallest absolute Gasteiger partial charge is 0.269 e. The monoisotopic (exact) mass is 414 g/mol. The number of nitrogens with zero attached hydrogens (tertiary/aromatic N) is 2. The van der Waals surface area contributed by atoms with E-state index >= 15 is 0 Å². The molecule has 1 fully saturated rings. The van der Waals surface area contributed by atoms with Crippen molar-refractivity contribution in [2.45, 2.75) is 25.3 Å². The number of thioether (sulfide) groups is 1. The number of hydrogen-bond donors (Lipinski definition) is 0. The molecule has 0 N–H and O–H groups in total. The maximum Gasteiger partial charge on any atom is 0.269 e. The fourth-order valence-corrected chi connectivity index (χ4v) is 5.92. The van der Waals surface area contributed by atoms with Crippen LogP contribution in [-0.4, -0.2) is 17.6 Å². The van der Waals surface area contributed by atoms with Crippen molar-refractivity contribution in [1.82, 2.24) is 0 Å². The van der Waals surface area contributed by atoms with Crippen molar-refractivity contribution in [2.75, 3.05) is 15.6 Å². The number of carbonyl (C=O) groups is 2. The molecule has 0 aliphatic carbocycles. The highest BCUT2D eigenvalue weighted by atomic mass is 32.2. The van der Waals surface area contributed by atoms with E-state index in [9.17, 15) is 9.59 Å². The summed E-state index contributed by atoms with van der Waals surface area (Å²) in [6, 6.07) is 23.9. The molecule has 150 valence electrons. The third-order valence-electron chi connectivity index (χ3n) is 5.71. The Morgan fingerprint density at radius 2 is 1.57 bits per heavy atom. The Bertz CT molecular complexity index is 1140. The summed E-state index contributed by atoms with van der Waals surface area (Å²) in [4.78, 5) is 29.6. The maximum absolute atomic E-state index is 14.0. The summed E-state index contributed by atoms with van der Waals surface area (Å²) in [5, 5.41) is 0. The van der Waals surface area contributed by atoms with E-state index in [1.807, 2.05) is 85.5 Å². The van der Waals surface area contributed by atoms with Crippen LogP contribution in [0.1, 0.15) is 22.3 Å². The van der Waals surface area contributed by atoms with Gasteiger partial charge in [-0.1, -0.05) is 54.6 Å². The first-order valence-electron chi connectivity index (χ1n) is 10.0. The minimum atomic E-state index is -1.05. The largest absolute Gasteiger partial charge is 0.304 e. The third-order valence-corrected chi connectivity index (χ3v) is 7.10. The SMILES string of the molecule is Cc1cc(C)cc(N2C(=O)CS[C@@]23C(=O)N(Cc2ccccc2)c2ccccc23)c1. The zero-order valence-electron chi connectivity index (χ0n) is 17.0. The van der Waals surface area contributed by atoms with Gasteiger partial charge in [-0.3, -0.25) is 14.5 Å². The molecule has 0 bridgehead atoms. The van der Waals surface area contributed by atoms with Crippen molar-refractivity contribution in [2.24, 2.45) is 0 Å². The Kier molecular flexibility index (Phi) is 4.44. The zero-order valence-corrected chi connectivity index (χ0v) is 17.8. The molecule has 2 aliphatic rings. The second kappa shape index (κ2) is 7.03. The lowest BCUT2D eigenvalue weighted by molar-refractivity contribution is -0.123. The number of benzene rings is 3. The molecule has 3 aromatic carbocycles. The number of aryl methyl sites for hydroxylation is 2. The Labute approximate surface area is 180 Å². The number of amides is 2. The van der Waals surface area contributed by atoms with E-state index in [0.717, 1.165) is 33.6 Å². The van der Waals surface area contributed by atoms with Gasteiger partial charge >= 0.3 is 0 Å². The molecule has 1 saturated heterocycles. The molecule has 30 heavy (non-hydrogen) atoms. The summed E-state index contributed by atoms with van der Waals surface area (Å²) in [5.41, 5.74) is 5.76. The molecule has 0 aromatic heterocycles. The molecule has 2 heterocycles. The number of carbonyl (C=O) groups excluding carboxylic acids is 2. The first-order chi connectivity index (χ1) is 14.5. The van der Waals surface area contributed by atoms with Gasteiger partial charge in [-0.15, -0.1) is 11.8 Å². The summed E-state index contributed by atoms with van der Waals surface area (Å²) < 4.78 is 0. The highest BCUT2D eigenvalue weighted by Crippen LogP contribution is 2.56. The zero-order chi connectivity index (χ0) is 20.9. The van der Waals surface area contributed by atoms with Crippen LogP contribution in [0.4, 0.5) is 11.4 Å². The van der Waals surface area contributed by atoms with Crippen LogP contribution < -0.4 is 9.80 Å². The van der Waals surface area contributed by atoms with E-state index in [2.05, 4.69) is 6.07 Å². The van der Waals surface area contributed by atoms with Crippen molar-refractivity contribution < 1.29 is 9.59 Å². The summed E-state index contributed by atoms with van der Waals surface area (Å²) >= 11 is 1.43. The summed E-state index contributed by atoms with van der Waals surface area (Å²) in [6.07, 6.45) is 0. The Morgan fingerprint density at radius 3 is 2.30 bits per heavy atom. The predicted octanol–water partition coefficient (Wildman–Crippen LogP) is 4.78. The standard InChI is InChI=1S/C25H22N2O2S/c1-17-12-18(2)14-20(13-17)27-23(28)16-30-25(27)21-10-6-7-11-22(21)26(24(25)29)15-19-8-4-3-5-9-19/h3-14H,15-16H2,1-2H3/t25-/m0/s1. The average molecular weight is 415 g/mol. The highest BCUT2D eigenvalue weighted by molar-refractivity contribution is 8.02. The molecule has 5 heteroatoms. The molecule has 3 aromatic rings. The average Bonchev–Trinajstić information content (AvgIpc) is 3.19. The first kappa shape index (κ1) is 18.9. The van der Waals surface area contributed by atoms with Crippen LogP contribution in [0.2, 0.25) is 0 Å². The lowest BCUT2D eigenvalue weighted by Gasteiger charge is -2.33. The number of fused-ring (bicyclic) bond motifs is 2. The lowest BCUT2D eigenvalue weighted by atomic mass is 10.0. The fourth-order valence-electron chi connectivity index (χ4n) is 4.56. The molecular weight excluding hydrogens is 392 g/mol. The molecule has 0 saturated carbocycles. The molecule has 4 nitrogen and oxygen atoms in total. The molecule has 2 amide bonds. The van der Waals surface area contributed by atoms with Crippen LogP contribution in [0.15, 0.2) is 72.8 Å². The molecule has 2 aliphatic heterocycles. The van der Waals surface area contributed by atoms with Crippen molar-refractivity contribution >= 4 is 35.0 Å². The van der Waals surface area contributed by atoms with Gasteiger partial charge in [-0.05, 0) is 48.7 Å². The van der Waals surface area contributed by atoms with Crippen LogP contribution in [0.25, 0.3) is 0 Å². The van der Waals surface area contributed by atoms with E-state index in [1.165, 1.54) is 11.8 Å². The number of rotatable bonds is 3. The van der Waals surface area contributed by atoms with Crippen LogP contribution in [-0.2, 0) is 21.0 Å². The van der Waals surface area contributed by atoms with E-state index < -0.39 is 4.87 Å². The molecule has 1 atom stereocenters. The topological polar surface area (TPSA) is 40.6 Å². The van der Waals surface area contributed by atoms with E-state index in [4.69, 9.17) is 0 Å². The van der Waals surface area contributed by atoms with Crippen LogP contribution >= 0.6 is 11.8 Å². The van der Waals surface area contributed by atoms with E-state index in [0.29, 0.717) is 6.54 Å². The van der Waals surface area contributed by atoms with Gasteiger partial charge in [-0.25, -0.2) is 0 Å². The van der Waals surface area contributed by atoms with Gasteiger partial charge in [-0.2, -0.15) is 0 Å². The molecular formula is C25H22N2O2S. The van der Waals surface area contributed by atoms with Crippen molar-refractivity contribution in [3.8, 4) is 0 Å². The van der Waals surface area contributed by atoms with Gasteiger partial charge in [0, 0.05) is 11.3 Å². The van der Waals surface area contributed by atoms with Gasteiger partial charge in [0.25, 0.3) is 5.91 Å². The molecule has 1 spiro atoms. The van der Waals surface area contributed by atoms with Gasteiger partial charge < -0.3 is 4.90 Å². The molecule has 5 rings (SSSR count). The second-order valence-electron chi connectivity index (χ2n) is 7.90. The maximum atomic E-state index is 14.0. The van der Waals surface area contributed by atoms with Crippen LogP contribution in [0, 0.1) is 13.8 Å². The van der Waals surface area contributed by atoms with Crippen molar-refractivity contribution in [3.05, 3.63) is 95.1 Å². The van der Waals surface area contributed by atoms with Gasteiger partial charge in [0.15, 0.2) is 0 Å². The Balaban J connectivity index is 1.67. The van der Waals surface area contributed by atoms with E-state index in [1.54, 1.807) is 4.90 Å². The van der Waals surface area contributed by atoms with Crippen LogP contribution in [0.5, 0.6) is 0 Å². The van der Waals surface area contributed by atoms with Gasteiger partial charge in [0.05, 0.1) is 18.0 Å². The van der Waals surface area contributed by atoms with E-state index in [-0.39, 0.29) is 17.6 Å². The fraction of sp³-hybridized carbons (Fsp3) is 0.200. The van der Waals surface area contributed by atoms with Gasteiger partial charge in [0.2, 0.25) is 10.8 Å². The van der Waals surface area contributed by atoms with Crippen molar-refractivity contribution in [3.63, 3.8) is 0 Å². The third kappa shape index (κ3) is 2.76. The molecule has 0 radical (unpaired) electrons. The highest BCUT2D eigenvalue weighted by Gasteiger charge is 2.60. The Morgan fingerprint density at radius 1 is 0.900 bits per heavy atom. The number of anilines is 2. The van der Waals surface area contributed by atoms with Gasteiger partial charge in [0.1, 0.15) is 0 Å². The Hall–Kier alpha value is -3.05. The quantitative estimate of drug-likeness (QED) is 0.619. The lowest BCUT2D eigenvalue weighted by Crippen LogP contribution is -2.49. The summed E-state index contributed by atoms with van der Waals surface area (Å²) in [7, 11) is 0. The number of para-hydroxylation sites is 1. The van der Waals surface area contributed by atoms with Crippen LogP contribution in [0.3, 0.4) is 0 Å². The summed E-state index contributed by atoms with van der Waals surface area (Å²) in [5.74, 6) is 0.198. The minimum Gasteiger partial charge on any atom is -0.304 e. The second-order valence-corrected chi connectivity index (χ2v) is 9.07. The number of hydrogen-bond acceptors (Lipinski definition) is 3. The first-order valence-corrected chi connectivity index (χ1v) is 11.0. The summed E-state index contributed by atoms with van der Waals surface area (Å²) in [6.45, 7) is 4.51. The van der Waals surface area contributed by atoms with Crippen molar-refractivity contribution in [1.29, 1.82) is 0 Å².